The molecule has 1 aliphatic heterocycles. The SMILES string of the molecule is CC(C)(C)OC(=O)NC1CN(N=C(c2ccccc2)c2ccccc2)C1=O. The lowest BCUT2D eigenvalue weighted by Crippen LogP contribution is -2.62. The molecular formula is C21H23N3O3. The van der Waals surface area contributed by atoms with Gasteiger partial charge in [0.05, 0.1) is 12.3 Å². The molecule has 6 nitrogen and oxygen atoms in total. The normalized spacial score (nSPS) is 16.3. The molecule has 1 atom stereocenters. The van der Waals surface area contributed by atoms with E-state index in [1.165, 1.54) is 5.01 Å². The first-order chi connectivity index (χ1) is 12.8. The standard InChI is InChI=1S/C21H23N3O3/c1-21(2,3)27-20(26)22-17-14-24(19(17)25)23-18(15-10-6-4-7-11-15)16-12-8-5-9-13-16/h4-13,17H,14H2,1-3H3,(H,22,26). The minimum Gasteiger partial charge on any atom is -0.444 e. The molecule has 140 valence electrons. The minimum atomic E-state index is -0.614. The Bertz CT molecular complexity index is 800. The van der Waals surface area contributed by atoms with Crippen molar-refractivity contribution < 1.29 is 14.3 Å². The quantitative estimate of drug-likeness (QED) is 0.668. The number of benzene rings is 2. The van der Waals surface area contributed by atoms with Gasteiger partial charge in [-0.2, -0.15) is 5.10 Å². The largest absolute Gasteiger partial charge is 0.444 e. The highest BCUT2D eigenvalue weighted by molar-refractivity contribution is 6.13. The van der Waals surface area contributed by atoms with E-state index in [1.54, 1.807) is 20.8 Å². The zero-order valence-corrected chi connectivity index (χ0v) is 15.7. The third kappa shape index (κ3) is 4.73. The van der Waals surface area contributed by atoms with Gasteiger partial charge in [-0.3, -0.25) is 4.79 Å². The van der Waals surface area contributed by atoms with Gasteiger partial charge in [0.15, 0.2) is 0 Å². The predicted molar refractivity (Wildman–Crippen MR) is 103 cm³/mol. The predicted octanol–water partition coefficient (Wildman–Crippen LogP) is 3.17. The molecule has 0 bridgehead atoms. The van der Waals surface area contributed by atoms with E-state index >= 15 is 0 Å². The van der Waals surface area contributed by atoms with Crippen LogP contribution in [-0.4, -0.2) is 40.9 Å². The highest BCUT2D eigenvalue weighted by Crippen LogP contribution is 2.17. The molecule has 0 aromatic heterocycles. The van der Waals surface area contributed by atoms with Crippen LogP contribution in [0.4, 0.5) is 4.79 Å². The summed E-state index contributed by atoms with van der Waals surface area (Å²) < 4.78 is 5.19. The van der Waals surface area contributed by atoms with Crippen molar-refractivity contribution in [1.29, 1.82) is 0 Å². The summed E-state index contributed by atoms with van der Waals surface area (Å²) in [5, 5.41) is 8.50. The number of amides is 2. The van der Waals surface area contributed by atoms with Gasteiger partial charge in [-0.25, -0.2) is 9.80 Å². The number of hydrazone groups is 1. The molecule has 2 aromatic rings. The molecule has 0 radical (unpaired) electrons. The Balaban J connectivity index is 1.74. The molecule has 1 heterocycles. The molecule has 3 rings (SSSR count). The highest BCUT2D eigenvalue weighted by atomic mass is 16.6. The molecule has 27 heavy (non-hydrogen) atoms. The van der Waals surface area contributed by atoms with Gasteiger partial charge in [-0.15, -0.1) is 0 Å². The third-order valence-corrected chi connectivity index (χ3v) is 3.91. The van der Waals surface area contributed by atoms with Crippen molar-refractivity contribution in [3.63, 3.8) is 0 Å². The number of rotatable bonds is 4. The Morgan fingerprint density at radius 1 is 1.04 bits per heavy atom. The summed E-state index contributed by atoms with van der Waals surface area (Å²) in [5.41, 5.74) is 1.93. The maximum Gasteiger partial charge on any atom is 0.408 e. The van der Waals surface area contributed by atoms with Crippen LogP contribution in [0.2, 0.25) is 0 Å². The molecule has 1 fully saturated rings. The van der Waals surface area contributed by atoms with Crippen molar-refractivity contribution in [2.45, 2.75) is 32.4 Å². The average Bonchev–Trinajstić information content (AvgIpc) is 2.64. The van der Waals surface area contributed by atoms with E-state index in [-0.39, 0.29) is 5.91 Å². The van der Waals surface area contributed by atoms with Crippen LogP contribution >= 0.6 is 0 Å². The van der Waals surface area contributed by atoms with Gasteiger partial charge in [0, 0.05) is 11.1 Å². The van der Waals surface area contributed by atoms with Crippen LogP contribution in [0.3, 0.4) is 0 Å². The number of carbonyl (C=O) groups is 2. The molecule has 1 N–H and O–H groups in total. The first-order valence-corrected chi connectivity index (χ1v) is 8.84. The minimum absolute atomic E-state index is 0.259. The lowest BCUT2D eigenvalue weighted by Gasteiger charge is -2.35. The summed E-state index contributed by atoms with van der Waals surface area (Å²) >= 11 is 0. The van der Waals surface area contributed by atoms with Gasteiger partial charge >= 0.3 is 6.09 Å². The maximum absolute atomic E-state index is 12.4. The van der Waals surface area contributed by atoms with Crippen molar-refractivity contribution >= 4 is 17.7 Å². The van der Waals surface area contributed by atoms with E-state index in [1.807, 2.05) is 60.7 Å². The molecule has 2 amide bonds. The monoisotopic (exact) mass is 365 g/mol. The Morgan fingerprint density at radius 3 is 2.00 bits per heavy atom. The van der Waals surface area contributed by atoms with Crippen LogP contribution < -0.4 is 5.32 Å². The van der Waals surface area contributed by atoms with Gasteiger partial charge < -0.3 is 10.1 Å². The van der Waals surface area contributed by atoms with Crippen molar-refractivity contribution in [2.75, 3.05) is 6.54 Å². The van der Waals surface area contributed by atoms with Gasteiger partial charge in [-0.1, -0.05) is 60.7 Å². The molecule has 2 aromatic carbocycles. The van der Waals surface area contributed by atoms with E-state index < -0.39 is 17.7 Å². The van der Waals surface area contributed by atoms with Crippen LogP contribution in [0, 0.1) is 0 Å². The number of β-lactam (4-membered cyclic amide) rings is 1. The van der Waals surface area contributed by atoms with Crippen LogP contribution in [-0.2, 0) is 9.53 Å². The number of alkyl carbamates (subject to hydrolysis) is 1. The van der Waals surface area contributed by atoms with Gasteiger partial charge in [-0.05, 0) is 20.8 Å². The first-order valence-electron chi connectivity index (χ1n) is 8.84. The summed E-state index contributed by atoms with van der Waals surface area (Å²) in [6, 6.07) is 18.8. The Labute approximate surface area is 158 Å². The van der Waals surface area contributed by atoms with Crippen molar-refractivity contribution in [1.82, 2.24) is 10.3 Å². The average molecular weight is 365 g/mol. The number of hydrogen-bond acceptors (Lipinski definition) is 4. The summed E-state index contributed by atoms with van der Waals surface area (Å²) in [6.07, 6.45) is -0.601. The smallest absolute Gasteiger partial charge is 0.408 e. The molecular weight excluding hydrogens is 342 g/mol. The molecule has 1 aliphatic rings. The highest BCUT2D eigenvalue weighted by Gasteiger charge is 2.39. The third-order valence-electron chi connectivity index (χ3n) is 3.91. The number of nitrogens with zero attached hydrogens (tertiary/aromatic N) is 2. The Hall–Kier alpha value is -3.15. The fourth-order valence-electron chi connectivity index (χ4n) is 2.65. The summed E-state index contributed by atoms with van der Waals surface area (Å²) in [5.74, 6) is -0.259. The lowest BCUT2D eigenvalue weighted by molar-refractivity contribution is -0.143. The fraction of sp³-hybridized carbons (Fsp3) is 0.286. The topological polar surface area (TPSA) is 71.0 Å². The Morgan fingerprint density at radius 2 is 1.56 bits per heavy atom. The van der Waals surface area contributed by atoms with E-state index in [4.69, 9.17) is 4.74 Å². The molecule has 0 spiro atoms. The van der Waals surface area contributed by atoms with Crippen LogP contribution in [0.15, 0.2) is 65.8 Å². The molecule has 0 aliphatic carbocycles. The molecule has 6 heteroatoms. The summed E-state index contributed by atoms with van der Waals surface area (Å²) in [6.45, 7) is 5.63. The fourth-order valence-corrected chi connectivity index (χ4v) is 2.65. The summed E-state index contributed by atoms with van der Waals surface area (Å²) in [7, 11) is 0. The summed E-state index contributed by atoms with van der Waals surface area (Å²) in [4.78, 5) is 24.2. The van der Waals surface area contributed by atoms with Crippen LogP contribution in [0.25, 0.3) is 0 Å². The number of ether oxygens (including phenoxy) is 1. The maximum atomic E-state index is 12.4. The Kier molecular flexibility index (Phi) is 5.26. The lowest BCUT2D eigenvalue weighted by atomic mass is 10.0. The van der Waals surface area contributed by atoms with Crippen molar-refractivity contribution in [3.8, 4) is 0 Å². The molecule has 0 saturated carbocycles. The number of nitrogens with one attached hydrogen (secondary N) is 1. The van der Waals surface area contributed by atoms with Gasteiger partial charge in [0.25, 0.3) is 5.91 Å². The van der Waals surface area contributed by atoms with E-state index in [9.17, 15) is 9.59 Å². The number of carbonyl (C=O) groups excluding carboxylic acids is 2. The molecule has 1 saturated heterocycles. The van der Waals surface area contributed by atoms with Crippen LogP contribution in [0.5, 0.6) is 0 Å². The zero-order chi connectivity index (χ0) is 19.4. The zero-order valence-electron chi connectivity index (χ0n) is 15.7. The second-order valence-electron chi connectivity index (χ2n) is 7.30. The van der Waals surface area contributed by atoms with E-state index in [0.29, 0.717) is 12.3 Å². The molecule has 1 unspecified atom stereocenters. The van der Waals surface area contributed by atoms with Crippen molar-refractivity contribution in [2.24, 2.45) is 5.10 Å². The van der Waals surface area contributed by atoms with Gasteiger partial charge in [0.2, 0.25) is 0 Å². The van der Waals surface area contributed by atoms with E-state index in [2.05, 4.69) is 10.4 Å². The number of hydrogen-bond donors (Lipinski definition) is 1. The van der Waals surface area contributed by atoms with E-state index in [0.717, 1.165) is 11.1 Å². The van der Waals surface area contributed by atoms with Crippen molar-refractivity contribution in [3.05, 3.63) is 71.8 Å². The second kappa shape index (κ2) is 7.61. The van der Waals surface area contributed by atoms with Gasteiger partial charge in [0.1, 0.15) is 11.6 Å². The van der Waals surface area contributed by atoms with Crippen LogP contribution in [0.1, 0.15) is 31.9 Å². The first kappa shape index (κ1) is 18.6. The second-order valence-corrected chi connectivity index (χ2v) is 7.30.